The Morgan fingerprint density at radius 3 is 3.27 bits per heavy atom. The Morgan fingerprint density at radius 1 is 1.80 bits per heavy atom. The first kappa shape index (κ1) is 10.1. The molecule has 1 fully saturated rings. The summed E-state index contributed by atoms with van der Waals surface area (Å²) in [5.74, 6) is 0.581. The summed E-state index contributed by atoms with van der Waals surface area (Å²) in [5, 5.41) is 9.27. The number of nitrogens with one attached hydrogen (secondary N) is 2. The first-order valence-corrected chi connectivity index (χ1v) is 5.04. The summed E-state index contributed by atoms with van der Waals surface area (Å²) in [7, 11) is 0. The SMILES string of the molecule is CC(NC(=O)C1CCCO1)c1ncn[nH]1. The molecule has 1 saturated heterocycles. The van der Waals surface area contributed by atoms with Gasteiger partial charge in [0.15, 0.2) is 0 Å². The Kier molecular flexibility index (Phi) is 2.96. The maximum Gasteiger partial charge on any atom is 0.249 e. The summed E-state index contributed by atoms with van der Waals surface area (Å²) >= 11 is 0. The van der Waals surface area contributed by atoms with Crippen LogP contribution in [0.1, 0.15) is 31.6 Å². The topological polar surface area (TPSA) is 79.9 Å². The van der Waals surface area contributed by atoms with Gasteiger partial charge in [-0.15, -0.1) is 0 Å². The number of H-pyrrole nitrogens is 1. The summed E-state index contributed by atoms with van der Waals surface area (Å²) in [6.07, 6.45) is 2.88. The molecule has 82 valence electrons. The Morgan fingerprint density at radius 2 is 2.67 bits per heavy atom. The highest BCUT2D eigenvalue weighted by Gasteiger charge is 2.25. The van der Waals surface area contributed by atoms with E-state index in [1.807, 2.05) is 6.92 Å². The molecule has 0 aliphatic carbocycles. The predicted molar refractivity (Wildman–Crippen MR) is 51.9 cm³/mol. The van der Waals surface area contributed by atoms with Crippen molar-refractivity contribution in [2.24, 2.45) is 0 Å². The van der Waals surface area contributed by atoms with Crippen LogP contribution in [0.3, 0.4) is 0 Å². The van der Waals surface area contributed by atoms with Gasteiger partial charge in [0.05, 0.1) is 6.04 Å². The normalized spacial score (nSPS) is 22.6. The second-order valence-electron chi connectivity index (χ2n) is 3.60. The highest BCUT2D eigenvalue weighted by atomic mass is 16.5. The second-order valence-corrected chi connectivity index (χ2v) is 3.60. The van der Waals surface area contributed by atoms with Gasteiger partial charge in [0.2, 0.25) is 5.91 Å². The molecule has 0 radical (unpaired) electrons. The van der Waals surface area contributed by atoms with Gasteiger partial charge >= 0.3 is 0 Å². The van der Waals surface area contributed by atoms with Gasteiger partial charge in [-0.1, -0.05) is 0 Å². The van der Waals surface area contributed by atoms with Gasteiger partial charge in [0.1, 0.15) is 18.3 Å². The van der Waals surface area contributed by atoms with Gasteiger partial charge in [0, 0.05) is 6.61 Å². The van der Waals surface area contributed by atoms with Crippen molar-refractivity contribution in [3.8, 4) is 0 Å². The van der Waals surface area contributed by atoms with Gasteiger partial charge in [0.25, 0.3) is 0 Å². The lowest BCUT2D eigenvalue weighted by molar-refractivity contribution is -0.130. The number of ether oxygens (including phenoxy) is 1. The first-order chi connectivity index (χ1) is 7.27. The molecule has 0 aromatic carbocycles. The van der Waals surface area contributed by atoms with Gasteiger partial charge in [-0.3, -0.25) is 9.89 Å². The summed E-state index contributed by atoms with van der Waals surface area (Å²) in [6.45, 7) is 2.53. The average molecular weight is 210 g/mol. The number of nitrogens with zero attached hydrogens (tertiary/aromatic N) is 2. The zero-order chi connectivity index (χ0) is 10.7. The lowest BCUT2D eigenvalue weighted by Gasteiger charge is -2.14. The number of hydrogen-bond acceptors (Lipinski definition) is 4. The smallest absolute Gasteiger partial charge is 0.249 e. The van der Waals surface area contributed by atoms with Crippen molar-refractivity contribution in [1.82, 2.24) is 20.5 Å². The van der Waals surface area contributed by atoms with Crippen LogP contribution in [0.15, 0.2) is 6.33 Å². The Balaban J connectivity index is 1.88. The molecule has 1 aromatic rings. The van der Waals surface area contributed by atoms with Crippen LogP contribution >= 0.6 is 0 Å². The van der Waals surface area contributed by atoms with Crippen LogP contribution < -0.4 is 5.32 Å². The molecule has 0 spiro atoms. The second kappa shape index (κ2) is 4.39. The Bertz CT molecular complexity index is 319. The average Bonchev–Trinajstić information content (AvgIpc) is 2.91. The Hall–Kier alpha value is -1.43. The van der Waals surface area contributed by atoms with Crippen molar-refractivity contribution in [2.75, 3.05) is 6.61 Å². The molecule has 6 heteroatoms. The van der Waals surface area contributed by atoms with Crippen molar-refractivity contribution in [1.29, 1.82) is 0 Å². The van der Waals surface area contributed by atoms with E-state index in [1.54, 1.807) is 0 Å². The van der Waals surface area contributed by atoms with Crippen LogP contribution in [0, 0.1) is 0 Å². The number of carbonyl (C=O) groups excluding carboxylic acids is 1. The van der Waals surface area contributed by atoms with E-state index in [4.69, 9.17) is 4.74 Å². The molecule has 2 heterocycles. The lowest BCUT2D eigenvalue weighted by Crippen LogP contribution is -2.36. The molecule has 1 aliphatic rings. The van der Waals surface area contributed by atoms with E-state index >= 15 is 0 Å². The zero-order valence-electron chi connectivity index (χ0n) is 8.56. The zero-order valence-corrected chi connectivity index (χ0v) is 8.56. The minimum absolute atomic E-state index is 0.0728. The maximum absolute atomic E-state index is 11.7. The van der Waals surface area contributed by atoms with Crippen molar-refractivity contribution >= 4 is 5.91 Å². The van der Waals surface area contributed by atoms with E-state index in [-0.39, 0.29) is 18.1 Å². The minimum Gasteiger partial charge on any atom is -0.368 e. The fraction of sp³-hybridized carbons (Fsp3) is 0.667. The number of rotatable bonds is 3. The predicted octanol–water partition coefficient (Wildman–Crippen LogP) is 0.161. The van der Waals surface area contributed by atoms with Gasteiger partial charge in [-0.2, -0.15) is 5.10 Å². The van der Waals surface area contributed by atoms with Crippen LogP contribution in [0.25, 0.3) is 0 Å². The van der Waals surface area contributed by atoms with Gasteiger partial charge in [-0.05, 0) is 19.8 Å². The van der Waals surface area contributed by atoms with Crippen LogP contribution in [0.4, 0.5) is 0 Å². The summed E-state index contributed by atoms with van der Waals surface area (Å²) < 4.78 is 5.27. The third kappa shape index (κ3) is 2.33. The van der Waals surface area contributed by atoms with E-state index in [2.05, 4.69) is 20.5 Å². The number of hydrogen-bond donors (Lipinski definition) is 2. The number of aromatic amines is 1. The fourth-order valence-electron chi connectivity index (χ4n) is 1.58. The van der Waals surface area contributed by atoms with Gasteiger partial charge < -0.3 is 10.1 Å². The maximum atomic E-state index is 11.7. The van der Waals surface area contributed by atoms with E-state index in [1.165, 1.54) is 6.33 Å². The molecule has 0 saturated carbocycles. The quantitative estimate of drug-likeness (QED) is 0.744. The van der Waals surface area contributed by atoms with Gasteiger partial charge in [-0.25, -0.2) is 4.98 Å². The summed E-state index contributed by atoms with van der Waals surface area (Å²) in [5.41, 5.74) is 0. The lowest BCUT2D eigenvalue weighted by atomic mass is 10.2. The van der Waals surface area contributed by atoms with E-state index in [0.717, 1.165) is 12.8 Å². The minimum atomic E-state index is -0.296. The van der Waals surface area contributed by atoms with E-state index in [0.29, 0.717) is 12.4 Å². The first-order valence-electron chi connectivity index (χ1n) is 5.04. The molecular weight excluding hydrogens is 196 g/mol. The highest BCUT2D eigenvalue weighted by Crippen LogP contribution is 2.13. The molecule has 0 bridgehead atoms. The number of carbonyl (C=O) groups is 1. The third-order valence-corrected chi connectivity index (χ3v) is 2.42. The molecule has 2 N–H and O–H groups in total. The highest BCUT2D eigenvalue weighted by molar-refractivity contribution is 5.81. The molecule has 2 unspecified atom stereocenters. The molecule has 1 aromatic heterocycles. The van der Waals surface area contributed by atoms with E-state index < -0.39 is 0 Å². The van der Waals surface area contributed by atoms with Crippen molar-refractivity contribution in [3.63, 3.8) is 0 Å². The fourth-order valence-corrected chi connectivity index (χ4v) is 1.58. The third-order valence-electron chi connectivity index (χ3n) is 2.42. The van der Waals surface area contributed by atoms with Crippen LogP contribution in [0.5, 0.6) is 0 Å². The standard InChI is InChI=1S/C9H14N4O2/c1-6(8-10-5-11-13-8)12-9(14)7-3-2-4-15-7/h5-7H,2-4H2,1H3,(H,12,14)(H,10,11,13). The molecule has 1 aliphatic heterocycles. The molecule has 1 amide bonds. The van der Waals surface area contributed by atoms with Crippen LogP contribution in [-0.2, 0) is 9.53 Å². The summed E-state index contributed by atoms with van der Waals surface area (Å²) in [4.78, 5) is 15.6. The molecule has 2 atom stereocenters. The Labute approximate surface area is 87.4 Å². The van der Waals surface area contributed by atoms with Crippen LogP contribution in [-0.4, -0.2) is 33.8 Å². The molecule has 6 nitrogen and oxygen atoms in total. The monoisotopic (exact) mass is 210 g/mol. The van der Waals surface area contributed by atoms with Crippen molar-refractivity contribution in [2.45, 2.75) is 31.9 Å². The van der Waals surface area contributed by atoms with Crippen molar-refractivity contribution in [3.05, 3.63) is 12.2 Å². The largest absolute Gasteiger partial charge is 0.368 e. The van der Waals surface area contributed by atoms with E-state index in [9.17, 15) is 4.79 Å². The summed E-state index contributed by atoms with van der Waals surface area (Å²) in [6, 6.07) is -0.163. The molecular formula is C9H14N4O2. The van der Waals surface area contributed by atoms with Crippen molar-refractivity contribution < 1.29 is 9.53 Å². The number of amides is 1. The molecule has 15 heavy (non-hydrogen) atoms. The number of aromatic nitrogens is 3. The van der Waals surface area contributed by atoms with Crippen LogP contribution in [0.2, 0.25) is 0 Å². The molecule has 2 rings (SSSR count).